The monoisotopic (exact) mass is 464 g/mol. The van der Waals surface area contributed by atoms with Crippen LogP contribution in [0.15, 0.2) is 29.1 Å². The van der Waals surface area contributed by atoms with E-state index in [4.69, 9.17) is 19.6 Å². The second kappa shape index (κ2) is 10.3. The van der Waals surface area contributed by atoms with Gasteiger partial charge in [-0.25, -0.2) is 9.13 Å². The molecule has 0 aliphatic carbocycles. The Kier molecular flexibility index (Phi) is 8.52. The van der Waals surface area contributed by atoms with Gasteiger partial charge in [0.2, 0.25) is 0 Å². The minimum Gasteiger partial charge on any atom is -0.395 e. The van der Waals surface area contributed by atoms with E-state index in [2.05, 4.69) is 20.3 Å². The maximum atomic E-state index is 12.2. The Hall–Kier alpha value is -1.39. The summed E-state index contributed by atoms with van der Waals surface area (Å²) in [4.78, 5) is 48.5. The van der Waals surface area contributed by atoms with E-state index in [1.165, 1.54) is 0 Å². The molecule has 30 heavy (non-hydrogen) atoms. The molecule has 2 heterocycles. The van der Waals surface area contributed by atoms with Crippen LogP contribution in [0.3, 0.4) is 0 Å². The molecule has 0 spiro atoms. The van der Waals surface area contributed by atoms with E-state index in [1.807, 2.05) is 25.1 Å². The SMILES string of the molecule is Cc1cccc2c(=O)[nH]c(CCN3CCC[C@@H]3CO)cc12.O=P(O)(O)OP(=O)(O)O. The molecular weight excluding hydrogens is 438 g/mol. The van der Waals surface area contributed by atoms with Gasteiger partial charge in [-0.15, -0.1) is 0 Å². The van der Waals surface area contributed by atoms with Crippen LogP contribution in [0.5, 0.6) is 0 Å². The lowest BCUT2D eigenvalue weighted by molar-refractivity contribution is 0.160. The molecule has 0 amide bonds. The third-order valence-corrected chi connectivity index (χ3v) is 6.45. The number of H-pyrrole nitrogens is 1. The summed E-state index contributed by atoms with van der Waals surface area (Å²) in [5, 5.41) is 11.2. The predicted molar refractivity (Wildman–Crippen MR) is 110 cm³/mol. The van der Waals surface area contributed by atoms with Crippen LogP contribution in [-0.4, -0.2) is 60.3 Å². The summed E-state index contributed by atoms with van der Waals surface area (Å²) < 4.78 is 22.2. The van der Waals surface area contributed by atoms with E-state index in [0.29, 0.717) is 6.04 Å². The van der Waals surface area contributed by atoms with Gasteiger partial charge < -0.3 is 29.7 Å². The number of aliphatic hydroxyl groups is 1. The number of fused-ring (bicyclic) bond motifs is 1. The van der Waals surface area contributed by atoms with Crippen molar-refractivity contribution in [3.8, 4) is 0 Å². The van der Waals surface area contributed by atoms with Crippen molar-refractivity contribution in [2.24, 2.45) is 0 Å². The zero-order valence-electron chi connectivity index (χ0n) is 16.3. The summed E-state index contributed by atoms with van der Waals surface area (Å²) in [6.45, 7) is 4.20. The van der Waals surface area contributed by atoms with Gasteiger partial charge in [0, 0.05) is 30.1 Å². The van der Waals surface area contributed by atoms with Gasteiger partial charge in [-0.3, -0.25) is 9.69 Å². The number of aromatic nitrogens is 1. The number of nitrogens with zero attached hydrogens (tertiary/aromatic N) is 1. The number of rotatable bonds is 6. The number of aliphatic hydroxyl groups excluding tert-OH is 1. The fourth-order valence-corrected chi connectivity index (χ4v) is 4.54. The van der Waals surface area contributed by atoms with Crippen LogP contribution < -0.4 is 5.56 Å². The maximum absolute atomic E-state index is 12.2. The third-order valence-electron chi connectivity index (χ3n) is 4.75. The summed E-state index contributed by atoms with van der Waals surface area (Å²) in [6.07, 6.45) is 3.04. The quantitative estimate of drug-likeness (QED) is 0.338. The van der Waals surface area contributed by atoms with Gasteiger partial charge >= 0.3 is 15.6 Å². The topological polar surface area (TPSA) is 181 Å². The summed E-state index contributed by atoms with van der Waals surface area (Å²) in [6, 6.07) is 8.21. The van der Waals surface area contributed by atoms with Crippen LogP contribution in [-0.2, 0) is 19.9 Å². The molecule has 168 valence electrons. The van der Waals surface area contributed by atoms with Crippen LogP contribution in [0, 0.1) is 6.92 Å². The molecule has 1 aromatic carbocycles. The van der Waals surface area contributed by atoms with Gasteiger partial charge in [0.05, 0.1) is 6.61 Å². The molecular formula is C17H26N2O9P2. The van der Waals surface area contributed by atoms with Crippen LogP contribution in [0.2, 0.25) is 0 Å². The van der Waals surface area contributed by atoms with Crippen molar-refractivity contribution >= 4 is 26.4 Å². The lowest BCUT2D eigenvalue weighted by Gasteiger charge is -2.22. The first-order chi connectivity index (χ1) is 13.9. The van der Waals surface area contributed by atoms with Crippen molar-refractivity contribution in [2.45, 2.75) is 32.2 Å². The molecule has 13 heteroatoms. The molecule has 6 N–H and O–H groups in total. The minimum atomic E-state index is -5.05. The van der Waals surface area contributed by atoms with Crippen molar-refractivity contribution < 1.29 is 38.1 Å². The zero-order chi connectivity index (χ0) is 22.5. The Balaban J connectivity index is 0.000000303. The highest BCUT2D eigenvalue weighted by Gasteiger charge is 2.28. The predicted octanol–water partition coefficient (Wildman–Crippen LogP) is 1.02. The number of aromatic amines is 1. The number of nitrogens with one attached hydrogen (secondary N) is 1. The first-order valence-corrected chi connectivity index (χ1v) is 12.2. The molecule has 1 fully saturated rings. The highest BCUT2D eigenvalue weighted by Crippen LogP contribution is 2.53. The number of phosphoric acid groups is 2. The molecule has 1 aromatic heterocycles. The van der Waals surface area contributed by atoms with Crippen LogP contribution in [0.25, 0.3) is 10.8 Å². The smallest absolute Gasteiger partial charge is 0.395 e. The lowest BCUT2D eigenvalue weighted by atomic mass is 10.1. The van der Waals surface area contributed by atoms with Crippen molar-refractivity contribution in [2.75, 3.05) is 19.7 Å². The highest BCUT2D eigenvalue weighted by atomic mass is 31.3. The van der Waals surface area contributed by atoms with Crippen LogP contribution in [0.4, 0.5) is 0 Å². The van der Waals surface area contributed by atoms with Gasteiger partial charge in [-0.05, 0) is 49.4 Å². The van der Waals surface area contributed by atoms with Crippen molar-refractivity contribution in [1.82, 2.24) is 9.88 Å². The summed E-state index contributed by atoms with van der Waals surface area (Å²) in [5.41, 5.74) is 2.10. The molecule has 1 aliphatic rings. The highest BCUT2D eigenvalue weighted by molar-refractivity contribution is 7.60. The number of hydrogen-bond acceptors (Lipinski definition) is 6. The molecule has 1 aliphatic heterocycles. The normalized spacial score (nSPS) is 17.7. The van der Waals surface area contributed by atoms with Crippen LogP contribution in [0.1, 0.15) is 24.1 Å². The number of likely N-dealkylation sites (tertiary alicyclic amines) is 1. The largest absolute Gasteiger partial charge is 0.478 e. The molecule has 1 saturated heterocycles. The second-order valence-corrected chi connectivity index (χ2v) is 9.60. The number of aryl methyl sites for hydroxylation is 1. The average Bonchev–Trinajstić information content (AvgIpc) is 3.06. The minimum absolute atomic E-state index is 0.00803. The van der Waals surface area contributed by atoms with Crippen molar-refractivity contribution in [3.05, 3.63) is 45.9 Å². The molecule has 0 saturated carbocycles. The molecule has 0 bridgehead atoms. The maximum Gasteiger partial charge on any atom is 0.478 e. The number of pyridine rings is 1. The Morgan fingerprint density at radius 2 is 1.83 bits per heavy atom. The Morgan fingerprint density at radius 1 is 1.17 bits per heavy atom. The average molecular weight is 464 g/mol. The summed E-state index contributed by atoms with van der Waals surface area (Å²) >= 11 is 0. The first kappa shape index (κ1) is 24.9. The van der Waals surface area contributed by atoms with Gasteiger partial charge in [-0.2, -0.15) is 4.31 Å². The molecule has 3 rings (SSSR count). The van der Waals surface area contributed by atoms with E-state index in [1.54, 1.807) is 0 Å². The molecule has 11 nitrogen and oxygen atoms in total. The van der Waals surface area contributed by atoms with E-state index in [9.17, 15) is 19.0 Å². The third kappa shape index (κ3) is 7.70. The fourth-order valence-electron chi connectivity index (χ4n) is 3.43. The molecule has 2 aromatic rings. The van der Waals surface area contributed by atoms with Gasteiger partial charge in [0.1, 0.15) is 0 Å². The summed E-state index contributed by atoms with van der Waals surface area (Å²) in [7, 11) is -10.1. The van der Waals surface area contributed by atoms with Gasteiger partial charge in [0.15, 0.2) is 0 Å². The lowest BCUT2D eigenvalue weighted by Crippen LogP contribution is -2.34. The number of benzene rings is 1. The van der Waals surface area contributed by atoms with E-state index < -0.39 is 15.6 Å². The first-order valence-electron chi connectivity index (χ1n) is 9.18. The Bertz CT molecular complexity index is 994. The van der Waals surface area contributed by atoms with E-state index in [0.717, 1.165) is 54.4 Å². The number of hydrogen-bond donors (Lipinski definition) is 6. The zero-order valence-corrected chi connectivity index (χ0v) is 18.1. The standard InChI is InChI=1S/C17H22N2O2.H4O7P2/c1-12-4-2-6-15-16(12)10-13(18-17(15)21)7-9-19-8-3-5-14(19)11-20;1-8(2,3)7-9(4,5)6/h2,4,6,10,14,20H,3,5,7-9,11H2,1H3,(H,18,21);(H2,1,2,3)(H2,4,5,6)/t14-;/m1./s1. The summed E-state index contributed by atoms with van der Waals surface area (Å²) in [5.74, 6) is 0. The van der Waals surface area contributed by atoms with Gasteiger partial charge in [-0.1, -0.05) is 12.1 Å². The fraction of sp³-hybridized carbons (Fsp3) is 0.471. The molecule has 0 radical (unpaired) electrons. The van der Waals surface area contributed by atoms with Crippen LogP contribution >= 0.6 is 15.6 Å². The van der Waals surface area contributed by atoms with E-state index in [-0.39, 0.29) is 12.2 Å². The van der Waals surface area contributed by atoms with Crippen molar-refractivity contribution in [3.63, 3.8) is 0 Å². The Morgan fingerprint density at radius 3 is 2.40 bits per heavy atom. The van der Waals surface area contributed by atoms with Crippen molar-refractivity contribution in [1.29, 1.82) is 0 Å². The van der Waals surface area contributed by atoms with Gasteiger partial charge in [0.25, 0.3) is 5.56 Å². The Labute approximate surface area is 172 Å². The van der Waals surface area contributed by atoms with E-state index >= 15 is 0 Å². The molecule has 1 atom stereocenters. The second-order valence-electron chi connectivity index (χ2n) is 6.99. The molecule has 0 unspecified atom stereocenters.